The van der Waals surface area contributed by atoms with Crippen LogP contribution >= 0.6 is 0 Å². The zero-order valence-electron chi connectivity index (χ0n) is 13.8. The quantitative estimate of drug-likeness (QED) is 0.898. The molecule has 126 valence electrons. The van der Waals surface area contributed by atoms with Crippen molar-refractivity contribution < 1.29 is 9.53 Å². The number of nitrogens with zero attached hydrogens (tertiary/aromatic N) is 2. The van der Waals surface area contributed by atoms with Gasteiger partial charge in [-0.05, 0) is 38.0 Å². The zero-order chi connectivity index (χ0) is 17.0. The van der Waals surface area contributed by atoms with Gasteiger partial charge in [-0.25, -0.2) is 9.97 Å². The van der Waals surface area contributed by atoms with E-state index in [0.717, 1.165) is 16.9 Å². The molecule has 3 N–H and O–H groups in total. The molecule has 0 bridgehead atoms. The van der Waals surface area contributed by atoms with Gasteiger partial charge in [0.2, 0.25) is 5.91 Å². The minimum absolute atomic E-state index is 0.0377. The van der Waals surface area contributed by atoms with Crippen molar-refractivity contribution in [2.24, 2.45) is 11.1 Å². The summed E-state index contributed by atoms with van der Waals surface area (Å²) in [6, 6.07) is 9.52. The number of rotatable bonds is 4. The van der Waals surface area contributed by atoms with E-state index in [1.54, 1.807) is 6.20 Å². The first-order chi connectivity index (χ1) is 11.6. The van der Waals surface area contributed by atoms with Crippen molar-refractivity contribution >= 4 is 11.6 Å². The molecule has 1 saturated heterocycles. The summed E-state index contributed by atoms with van der Waals surface area (Å²) in [7, 11) is 0. The second-order valence-corrected chi connectivity index (χ2v) is 6.12. The molecule has 3 rings (SSSR count). The Kier molecular flexibility index (Phi) is 4.87. The Bertz CT molecular complexity index is 726. The average Bonchev–Trinajstić information content (AvgIpc) is 2.62. The van der Waals surface area contributed by atoms with E-state index in [-0.39, 0.29) is 5.91 Å². The maximum absolute atomic E-state index is 12.8. The second-order valence-electron chi connectivity index (χ2n) is 6.12. The molecule has 0 spiro atoms. The van der Waals surface area contributed by atoms with Gasteiger partial charge in [0.25, 0.3) is 0 Å². The van der Waals surface area contributed by atoms with E-state index in [0.29, 0.717) is 38.4 Å². The van der Waals surface area contributed by atoms with Crippen molar-refractivity contribution in [2.45, 2.75) is 19.8 Å². The molecule has 1 aromatic carbocycles. The Morgan fingerprint density at radius 2 is 2.12 bits per heavy atom. The van der Waals surface area contributed by atoms with E-state index >= 15 is 0 Å². The van der Waals surface area contributed by atoms with Crippen molar-refractivity contribution in [3.05, 3.63) is 42.4 Å². The molecule has 24 heavy (non-hydrogen) atoms. The van der Waals surface area contributed by atoms with Gasteiger partial charge in [-0.2, -0.15) is 0 Å². The summed E-state index contributed by atoms with van der Waals surface area (Å²) in [4.78, 5) is 21.3. The molecule has 6 nitrogen and oxygen atoms in total. The largest absolute Gasteiger partial charge is 0.381 e. The lowest BCUT2D eigenvalue weighted by Gasteiger charge is -2.34. The Hall–Kier alpha value is -2.31. The van der Waals surface area contributed by atoms with Gasteiger partial charge in [-0.1, -0.05) is 12.1 Å². The lowest BCUT2D eigenvalue weighted by atomic mass is 9.79. The molecule has 0 radical (unpaired) electrons. The molecule has 6 heteroatoms. The molecule has 1 amide bonds. The molecule has 2 heterocycles. The minimum atomic E-state index is -0.542. The number of benzene rings is 1. The van der Waals surface area contributed by atoms with E-state index in [9.17, 15) is 4.79 Å². The summed E-state index contributed by atoms with van der Waals surface area (Å²) in [5.41, 5.74) is 7.87. The first kappa shape index (κ1) is 16.5. The molecular formula is C18H22N4O2. The number of hydrogen-bond donors (Lipinski definition) is 2. The average molecular weight is 326 g/mol. The molecule has 0 aliphatic carbocycles. The van der Waals surface area contributed by atoms with Crippen LogP contribution in [0.2, 0.25) is 0 Å². The number of hydrogen-bond acceptors (Lipinski definition) is 5. The van der Waals surface area contributed by atoms with Gasteiger partial charge in [0.1, 0.15) is 5.82 Å². The van der Waals surface area contributed by atoms with Crippen LogP contribution in [-0.4, -0.2) is 35.6 Å². The van der Waals surface area contributed by atoms with Crippen LogP contribution < -0.4 is 11.1 Å². The van der Waals surface area contributed by atoms with Crippen molar-refractivity contribution in [1.82, 2.24) is 9.97 Å². The lowest BCUT2D eigenvalue weighted by Crippen LogP contribution is -2.46. The van der Waals surface area contributed by atoms with Crippen LogP contribution in [0.4, 0.5) is 5.69 Å². The zero-order valence-corrected chi connectivity index (χ0v) is 13.8. The Labute approximate surface area is 141 Å². The molecule has 0 unspecified atom stereocenters. The fourth-order valence-corrected chi connectivity index (χ4v) is 2.92. The van der Waals surface area contributed by atoms with Crippen LogP contribution in [0.1, 0.15) is 18.7 Å². The Morgan fingerprint density at radius 1 is 1.33 bits per heavy atom. The Balaban J connectivity index is 1.80. The molecule has 2 aromatic rings. The predicted octanol–water partition coefficient (Wildman–Crippen LogP) is 2.15. The fraction of sp³-hybridized carbons (Fsp3) is 0.389. The van der Waals surface area contributed by atoms with Gasteiger partial charge in [0.05, 0.1) is 11.1 Å². The number of nitrogens with one attached hydrogen (secondary N) is 1. The smallest absolute Gasteiger partial charge is 0.232 e. The SMILES string of the molecule is Cc1nccc(-c2cccc(NC(=O)C3(CN)CCOCC3)c2)n1. The monoisotopic (exact) mass is 326 g/mol. The third-order valence-corrected chi connectivity index (χ3v) is 4.51. The van der Waals surface area contributed by atoms with Gasteiger partial charge in [-0.3, -0.25) is 4.79 Å². The van der Waals surface area contributed by atoms with E-state index in [1.807, 2.05) is 37.3 Å². The first-order valence-electron chi connectivity index (χ1n) is 8.12. The third-order valence-electron chi connectivity index (χ3n) is 4.51. The van der Waals surface area contributed by atoms with Crippen LogP contribution in [0.3, 0.4) is 0 Å². The van der Waals surface area contributed by atoms with Crippen molar-refractivity contribution in [1.29, 1.82) is 0 Å². The number of anilines is 1. The maximum atomic E-state index is 12.8. The van der Waals surface area contributed by atoms with E-state index < -0.39 is 5.41 Å². The van der Waals surface area contributed by atoms with Crippen LogP contribution in [0.15, 0.2) is 36.5 Å². The molecule has 1 fully saturated rings. The number of aromatic nitrogens is 2. The summed E-state index contributed by atoms with van der Waals surface area (Å²) in [6.45, 7) is 3.33. The second kappa shape index (κ2) is 7.07. The molecule has 1 aliphatic heterocycles. The third kappa shape index (κ3) is 3.44. The summed E-state index contributed by atoms with van der Waals surface area (Å²) >= 11 is 0. The van der Waals surface area contributed by atoms with Crippen LogP contribution in [0.25, 0.3) is 11.3 Å². The predicted molar refractivity (Wildman–Crippen MR) is 92.4 cm³/mol. The number of ether oxygens (including phenoxy) is 1. The normalized spacial score (nSPS) is 16.6. The first-order valence-corrected chi connectivity index (χ1v) is 8.12. The van der Waals surface area contributed by atoms with Crippen molar-refractivity contribution in [2.75, 3.05) is 25.1 Å². The van der Waals surface area contributed by atoms with Gasteiger partial charge in [0, 0.05) is 37.2 Å². The van der Waals surface area contributed by atoms with E-state index in [4.69, 9.17) is 10.5 Å². The van der Waals surface area contributed by atoms with Crippen molar-refractivity contribution in [3.63, 3.8) is 0 Å². The number of aryl methyl sites for hydroxylation is 1. The fourth-order valence-electron chi connectivity index (χ4n) is 2.92. The van der Waals surface area contributed by atoms with Gasteiger partial charge in [-0.15, -0.1) is 0 Å². The van der Waals surface area contributed by atoms with Crippen LogP contribution in [0, 0.1) is 12.3 Å². The molecule has 1 aromatic heterocycles. The van der Waals surface area contributed by atoms with Gasteiger partial charge < -0.3 is 15.8 Å². The summed E-state index contributed by atoms with van der Waals surface area (Å²) in [6.07, 6.45) is 3.04. The summed E-state index contributed by atoms with van der Waals surface area (Å²) in [5.74, 6) is 0.676. The summed E-state index contributed by atoms with van der Waals surface area (Å²) in [5, 5.41) is 3.01. The number of nitrogens with two attached hydrogens (primary N) is 1. The molecular weight excluding hydrogens is 304 g/mol. The highest BCUT2D eigenvalue weighted by Crippen LogP contribution is 2.31. The van der Waals surface area contributed by atoms with E-state index in [1.165, 1.54) is 0 Å². The molecule has 0 saturated carbocycles. The highest BCUT2D eigenvalue weighted by molar-refractivity contribution is 5.96. The topological polar surface area (TPSA) is 90.1 Å². The van der Waals surface area contributed by atoms with Crippen LogP contribution in [0.5, 0.6) is 0 Å². The number of amides is 1. The molecule has 0 atom stereocenters. The molecule has 1 aliphatic rings. The Morgan fingerprint density at radius 3 is 2.83 bits per heavy atom. The highest BCUT2D eigenvalue weighted by atomic mass is 16.5. The van der Waals surface area contributed by atoms with E-state index in [2.05, 4.69) is 15.3 Å². The van der Waals surface area contributed by atoms with Gasteiger partial charge >= 0.3 is 0 Å². The summed E-state index contributed by atoms with van der Waals surface area (Å²) < 4.78 is 5.37. The minimum Gasteiger partial charge on any atom is -0.381 e. The van der Waals surface area contributed by atoms with Crippen molar-refractivity contribution in [3.8, 4) is 11.3 Å². The number of carbonyl (C=O) groups is 1. The highest BCUT2D eigenvalue weighted by Gasteiger charge is 2.38. The van der Waals surface area contributed by atoms with Gasteiger partial charge in [0.15, 0.2) is 0 Å². The van der Waals surface area contributed by atoms with Crippen LogP contribution in [-0.2, 0) is 9.53 Å². The standard InChI is InChI=1S/C18H22N4O2/c1-13-20-8-5-16(21-13)14-3-2-4-15(11-14)22-17(23)18(12-19)6-9-24-10-7-18/h2-5,8,11H,6-7,9-10,12,19H2,1H3,(H,22,23). The maximum Gasteiger partial charge on any atom is 0.232 e. The lowest BCUT2D eigenvalue weighted by molar-refractivity contribution is -0.130. The number of carbonyl (C=O) groups excluding carboxylic acids is 1.